The zero-order valence-corrected chi connectivity index (χ0v) is 19.2. The lowest BCUT2D eigenvalue weighted by molar-refractivity contribution is 0.102. The molecule has 0 aliphatic carbocycles. The summed E-state index contributed by atoms with van der Waals surface area (Å²) in [5.74, 6) is 0.707. The minimum absolute atomic E-state index is 0.204. The van der Waals surface area contributed by atoms with Gasteiger partial charge in [-0.2, -0.15) is 5.10 Å². The Morgan fingerprint density at radius 1 is 1.15 bits per heavy atom. The summed E-state index contributed by atoms with van der Waals surface area (Å²) in [4.78, 5) is 21.4. The van der Waals surface area contributed by atoms with Crippen LogP contribution in [0.2, 0.25) is 0 Å². The number of nitrogens with two attached hydrogens (primary N) is 1. The van der Waals surface area contributed by atoms with Crippen LogP contribution >= 0.6 is 0 Å². The molecule has 0 saturated carbocycles. The van der Waals surface area contributed by atoms with Gasteiger partial charge in [-0.3, -0.25) is 4.79 Å². The number of anilines is 2. The van der Waals surface area contributed by atoms with E-state index in [1.165, 1.54) is 6.33 Å². The highest BCUT2D eigenvalue weighted by atomic mass is 16.5. The van der Waals surface area contributed by atoms with E-state index in [-0.39, 0.29) is 11.9 Å². The molecule has 1 amide bonds. The molecule has 3 heterocycles. The van der Waals surface area contributed by atoms with Gasteiger partial charge >= 0.3 is 0 Å². The predicted molar refractivity (Wildman–Crippen MR) is 132 cm³/mol. The van der Waals surface area contributed by atoms with Crippen molar-refractivity contribution in [2.24, 2.45) is 0 Å². The molecule has 9 nitrogen and oxygen atoms in total. The summed E-state index contributed by atoms with van der Waals surface area (Å²) in [6.07, 6.45) is 3.41. The van der Waals surface area contributed by atoms with Crippen LogP contribution in [0.5, 0.6) is 5.75 Å². The summed E-state index contributed by atoms with van der Waals surface area (Å²) in [6, 6.07) is 13.2. The number of methoxy groups -OCH3 is 1. The summed E-state index contributed by atoms with van der Waals surface area (Å²) in [7, 11) is 1.57. The lowest BCUT2D eigenvalue weighted by Gasteiger charge is -2.23. The minimum Gasteiger partial charge on any atom is -0.495 e. The number of hydrogen-bond donors (Lipinski definition) is 3. The summed E-state index contributed by atoms with van der Waals surface area (Å²) in [6.45, 7) is 3.85. The molecule has 0 spiro atoms. The largest absolute Gasteiger partial charge is 0.495 e. The lowest BCUT2D eigenvalue weighted by Crippen LogP contribution is -2.30. The fraction of sp³-hybridized carbons (Fsp3) is 0.280. The maximum Gasteiger partial charge on any atom is 0.255 e. The minimum atomic E-state index is -0.204. The monoisotopic (exact) mass is 457 g/mol. The highest BCUT2D eigenvalue weighted by Gasteiger charge is 2.24. The van der Waals surface area contributed by atoms with Gasteiger partial charge < -0.3 is 21.1 Å². The Labute approximate surface area is 197 Å². The second kappa shape index (κ2) is 9.11. The van der Waals surface area contributed by atoms with Gasteiger partial charge in [0.2, 0.25) is 0 Å². The molecule has 174 valence electrons. The number of aryl methyl sites for hydroxylation is 1. The van der Waals surface area contributed by atoms with Crippen LogP contribution in [-0.4, -0.2) is 45.9 Å². The standard InChI is InChI=1S/C25H27N7O2/c1-15-3-5-16(6-4-15)25(33)30-19-8-7-17(13-20(19)34-2)22-21-23(26)28-14-29-24(21)32(31-22)18-9-11-27-12-10-18/h3-8,13-14,18,27H,9-12H2,1-2H3,(H,30,33)(H2,26,28,29). The third-order valence-electron chi connectivity index (χ3n) is 6.21. The number of piperidine rings is 1. The van der Waals surface area contributed by atoms with E-state index >= 15 is 0 Å². The van der Waals surface area contributed by atoms with Crippen LogP contribution in [0, 0.1) is 6.92 Å². The number of aromatic nitrogens is 4. The molecule has 1 saturated heterocycles. The summed E-state index contributed by atoms with van der Waals surface area (Å²) in [5.41, 5.74) is 10.8. The molecule has 2 aromatic heterocycles. The van der Waals surface area contributed by atoms with Gasteiger partial charge in [0.05, 0.1) is 24.2 Å². The number of nitrogens with one attached hydrogen (secondary N) is 2. The molecule has 1 fully saturated rings. The Kier molecular flexibility index (Phi) is 5.85. The van der Waals surface area contributed by atoms with Crippen molar-refractivity contribution in [2.75, 3.05) is 31.2 Å². The number of rotatable bonds is 5. The number of carbonyl (C=O) groups excluding carboxylic acids is 1. The maximum atomic E-state index is 12.7. The first-order valence-corrected chi connectivity index (χ1v) is 11.3. The van der Waals surface area contributed by atoms with Crippen LogP contribution in [0.25, 0.3) is 22.3 Å². The quantitative estimate of drug-likeness (QED) is 0.419. The molecule has 0 radical (unpaired) electrons. The zero-order valence-electron chi connectivity index (χ0n) is 19.2. The van der Waals surface area contributed by atoms with E-state index < -0.39 is 0 Å². The van der Waals surface area contributed by atoms with Crippen molar-refractivity contribution in [2.45, 2.75) is 25.8 Å². The number of ether oxygens (including phenoxy) is 1. The third-order valence-corrected chi connectivity index (χ3v) is 6.21. The molecule has 1 aliphatic rings. The summed E-state index contributed by atoms with van der Waals surface area (Å²) in [5, 5.41) is 12.0. The van der Waals surface area contributed by atoms with Crippen LogP contribution in [-0.2, 0) is 0 Å². The summed E-state index contributed by atoms with van der Waals surface area (Å²) >= 11 is 0. The number of amides is 1. The van der Waals surface area contributed by atoms with Crippen molar-refractivity contribution in [1.82, 2.24) is 25.1 Å². The first kappa shape index (κ1) is 21.8. The second-order valence-electron chi connectivity index (χ2n) is 8.47. The summed E-state index contributed by atoms with van der Waals surface area (Å²) < 4.78 is 7.58. The number of nitrogens with zero attached hydrogens (tertiary/aromatic N) is 4. The lowest BCUT2D eigenvalue weighted by atomic mass is 10.1. The number of nitrogen functional groups attached to an aromatic ring is 1. The Bertz CT molecular complexity index is 1340. The van der Waals surface area contributed by atoms with Crippen molar-refractivity contribution in [3.05, 3.63) is 59.9 Å². The van der Waals surface area contributed by atoms with Gasteiger partial charge in [-0.05, 0) is 57.1 Å². The molecule has 0 atom stereocenters. The van der Waals surface area contributed by atoms with Crippen LogP contribution in [0.1, 0.15) is 34.8 Å². The molecule has 0 bridgehead atoms. The van der Waals surface area contributed by atoms with Gasteiger partial charge in [-0.1, -0.05) is 23.8 Å². The topological polar surface area (TPSA) is 120 Å². The Balaban J connectivity index is 1.52. The van der Waals surface area contributed by atoms with Crippen molar-refractivity contribution >= 4 is 28.4 Å². The fourth-order valence-electron chi connectivity index (χ4n) is 4.34. The number of hydrogen-bond acceptors (Lipinski definition) is 7. The molecule has 9 heteroatoms. The average molecular weight is 458 g/mol. The normalized spacial score (nSPS) is 14.3. The Hall–Kier alpha value is -3.98. The molecular formula is C25H27N7O2. The third kappa shape index (κ3) is 4.06. The van der Waals surface area contributed by atoms with Crippen LogP contribution in [0.4, 0.5) is 11.5 Å². The zero-order chi connectivity index (χ0) is 23.7. The number of carbonyl (C=O) groups is 1. The number of benzene rings is 2. The van der Waals surface area contributed by atoms with Gasteiger partial charge in [-0.15, -0.1) is 0 Å². The van der Waals surface area contributed by atoms with Crippen LogP contribution in [0.3, 0.4) is 0 Å². The van der Waals surface area contributed by atoms with Crippen molar-refractivity contribution < 1.29 is 9.53 Å². The average Bonchev–Trinajstić information content (AvgIpc) is 3.26. The molecule has 4 aromatic rings. The molecule has 0 unspecified atom stereocenters. The second-order valence-corrected chi connectivity index (χ2v) is 8.47. The van der Waals surface area contributed by atoms with E-state index in [2.05, 4.69) is 20.6 Å². The van der Waals surface area contributed by atoms with Gasteiger partial charge in [0.25, 0.3) is 5.91 Å². The van der Waals surface area contributed by atoms with Gasteiger partial charge in [-0.25, -0.2) is 14.6 Å². The van der Waals surface area contributed by atoms with E-state index in [0.29, 0.717) is 28.5 Å². The van der Waals surface area contributed by atoms with Crippen LogP contribution in [0.15, 0.2) is 48.8 Å². The van der Waals surface area contributed by atoms with Crippen molar-refractivity contribution in [3.8, 4) is 17.0 Å². The van der Waals surface area contributed by atoms with Crippen molar-refractivity contribution in [3.63, 3.8) is 0 Å². The van der Waals surface area contributed by atoms with Crippen molar-refractivity contribution in [1.29, 1.82) is 0 Å². The SMILES string of the molecule is COc1cc(-c2nn(C3CCNCC3)c3ncnc(N)c23)ccc1NC(=O)c1ccc(C)cc1. The maximum absolute atomic E-state index is 12.7. The highest BCUT2D eigenvalue weighted by molar-refractivity contribution is 6.05. The molecular weight excluding hydrogens is 430 g/mol. The first-order valence-electron chi connectivity index (χ1n) is 11.3. The van der Waals surface area contributed by atoms with Crippen LogP contribution < -0.4 is 21.1 Å². The molecule has 5 rings (SSSR count). The van der Waals surface area contributed by atoms with Gasteiger partial charge in [0.1, 0.15) is 23.6 Å². The van der Waals surface area contributed by atoms with E-state index in [1.54, 1.807) is 19.2 Å². The number of fused-ring (bicyclic) bond motifs is 1. The molecule has 4 N–H and O–H groups in total. The first-order chi connectivity index (χ1) is 16.5. The van der Waals surface area contributed by atoms with E-state index in [1.807, 2.05) is 41.9 Å². The Morgan fingerprint density at radius 3 is 2.65 bits per heavy atom. The Morgan fingerprint density at radius 2 is 1.91 bits per heavy atom. The smallest absolute Gasteiger partial charge is 0.255 e. The van der Waals surface area contributed by atoms with Gasteiger partial charge in [0.15, 0.2) is 5.65 Å². The molecule has 34 heavy (non-hydrogen) atoms. The fourth-order valence-corrected chi connectivity index (χ4v) is 4.34. The van der Waals surface area contributed by atoms with E-state index in [0.717, 1.165) is 48.1 Å². The van der Waals surface area contributed by atoms with E-state index in [9.17, 15) is 4.79 Å². The van der Waals surface area contributed by atoms with Gasteiger partial charge in [0, 0.05) is 11.1 Å². The highest BCUT2D eigenvalue weighted by Crippen LogP contribution is 2.37. The predicted octanol–water partition coefficient (Wildman–Crippen LogP) is 3.57. The van der Waals surface area contributed by atoms with E-state index in [4.69, 9.17) is 15.6 Å². The molecule has 1 aliphatic heterocycles. The molecule has 2 aromatic carbocycles.